The number of aliphatic hydroxyl groups excluding tert-OH is 1. The Morgan fingerprint density at radius 3 is 2.80 bits per heavy atom. The second-order valence-corrected chi connectivity index (χ2v) is 8.68. The summed E-state index contributed by atoms with van der Waals surface area (Å²) in [6, 6.07) is 8.07. The third kappa shape index (κ3) is 3.99. The molecule has 1 spiro atoms. The van der Waals surface area contributed by atoms with Gasteiger partial charge in [-0.3, -0.25) is 4.79 Å². The lowest BCUT2D eigenvalue weighted by Crippen LogP contribution is -2.66. The molecule has 8 nitrogen and oxygen atoms in total. The molecule has 2 fully saturated rings. The summed E-state index contributed by atoms with van der Waals surface area (Å²) in [5.41, 5.74) is -0.164. The van der Waals surface area contributed by atoms with Gasteiger partial charge in [-0.2, -0.15) is 0 Å². The van der Waals surface area contributed by atoms with Gasteiger partial charge in [-0.25, -0.2) is 9.97 Å². The van der Waals surface area contributed by atoms with Crippen LogP contribution in [-0.4, -0.2) is 71.6 Å². The van der Waals surface area contributed by atoms with Crippen molar-refractivity contribution in [3.63, 3.8) is 0 Å². The monoisotopic (exact) mass is 414 g/mol. The summed E-state index contributed by atoms with van der Waals surface area (Å²) in [4.78, 5) is 23.7. The topological polar surface area (TPSA) is 96.8 Å². The smallest absolute Gasteiger partial charge is 0.246 e. The van der Waals surface area contributed by atoms with Gasteiger partial charge in [0.05, 0.1) is 23.3 Å². The Kier molecular flexibility index (Phi) is 5.65. The number of benzene rings is 1. The fourth-order valence-corrected chi connectivity index (χ4v) is 4.75. The maximum atomic E-state index is 12.1. The number of carbonyl (C=O) groups is 1. The average molecular weight is 415 g/mol. The molecule has 0 bridgehead atoms. The Morgan fingerprint density at radius 1 is 1.33 bits per heavy atom. The lowest BCUT2D eigenvalue weighted by atomic mass is 9.74. The van der Waals surface area contributed by atoms with E-state index in [-0.39, 0.29) is 24.7 Å². The molecule has 0 unspecified atom stereocenters. The lowest BCUT2D eigenvalue weighted by molar-refractivity contribution is -0.173. The van der Waals surface area contributed by atoms with E-state index in [1.165, 1.54) is 7.11 Å². The first kappa shape index (κ1) is 21.0. The predicted molar refractivity (Wildman–Crippen MR) is 113 cm³/mol. The summed E-state index contributed by atoms with van der Waals surface area (Å²) in [5, 5.41) is 14.5. The molecule has 1 amide bonds. The summed E-state index contributed by atoms with van der Waals surface area (Å²) >= 11 is 0. The number of para-hydroxylation sites is 1. The van der Waals surface area contributed by atoms with Crippen molar-refractivity contribution in [2.24, 2.45) is 0 Å². The summed E-state index contributed by atoms with van der Waals surface area (Å²) in [7, 11) is 1.48. The maximum Gasteiger partial charge on any atom is 0.246 e. The van der Waals surface area contributed by atoms with Crippen molar-refractivity contribution >= 4 is 22.6 Å². The van der Waals surface area contributed by atoms with Crippen LogP contribution in [0.1, 0.15) is 32.0 Å². The zero-order chi connectivity index (χ0) is 21.4. The van der Waals surface area contributed by atoms with Gasteiger partial charge >= 0.3 is 0 Å². The van der Waals surface area contributed by atoms with Crippen LogP contribution in [0.4, 0.5) is 5.82 Å². The van der Waals surface area contributed by atoms with Crippen molar-refractivity contribution < 1.29 is 19.4 Å². The van der Waals surface area contributed by atoms with Crippen molar-refractivity contribution in [2.75, 3.05) is 38.3 Å². The minimum absolute atomic E-state index is 0.0237. The summed E-state index contributed by atoms with van der Waals surface area (Å²) in [6.45, 7) is 5.57. The number of fused-ring (bicyclic) bond motifs is 1. The number of hydrogen-bond acceptors (Lipinski definition) is 7. The first-order chi connectivity index (χ1) is 14.3. The Labute approximate surface area is 176 Å². The van der Waals surface area contributed by atoms with E-state index in [2.05, 4.69) is 21.3 Å². The molecular formula is C22H30N4O4. The van der Waals surface area contributed by atoms with Crippen molar-refractivity contribution in [3.8, 4) is 0 Å². The number of rotatable bonds is 4. The number of amides is 1. The number of hydrogen-bond donors (Lipinski definition) is 2. The molecule has 1 aromatic heterocycles. The van der Waals surface area contributed by atoms with Crippen LogP contribution in [0, 0.1) is 6.92 Å². The molecule has 4 rings (SSSR count). The molecule has 162 valence electrons. The highest BCUT2D eigenvalue weighted by atomic mass is 16.5. The first-order valence-electron chi connectivity index (χ1n) is 10.4. The van der Waals surface area contributed by atoms with Gasteiger partial charge in [0.1, 0.15) is 24.4 Å². The van der Waals surface area contributed by atoms with Gasteiger partial charge in [-0.1, -0.05) is 12.1 Å². The molecule has 2 atom stereocenters. The number of carbonyl (C=O) groups excluding carboxylic acids is 1. The van der Waals surface area contributed by atoms with Gasteiger partial charge in [0.2, 0.25) is 5.91 Å². The quantitative estimate of drug-likeness (QED) is 0.784. The highest BCUT2D eigenvalue weighted by molar-refractivity contribution is 5.89. The Morgan fingerprint density at radius 2 is 2.07 bits per heavy atom. The fraction of sp³-hybridized carbons (Fsp3) is 0.591. The van der Waals surface area contributed by atoms with Gasteiger partial charge in [0.15, 0.2) is 0 Å². The number of methoxy groups -OCH3 is 1. The molecule has 2 aliphatic heterocycles. The number of aromatic nitrogens is 2. The third-order valence-electron chi connectivity index (χ3n) is 6.34. The maximum absolute atomic E-state index is 12.1. The van der Waals surface area contributed by atoms with Crippen molar-refractivity contribution in [2.45, 2.75) is 50.4 Å². The molecule has 2 saturated heterocycles. The van der Waals surface area contributed by atoms with E-state index < -0.39 is 11.6 Å². The predicted octanol–water partition coefficient (Wildman–Crippen LogP) is 1.58. The third-order valence-corrected chi connectivity index (χ3v) is 6.34. The Bertz CT molecular complexity index is 928. The van der Waals surface area contributed by atoms with Crippen LogP contribution in [-0.2, 0) is 14.3 Å². The second kappa shape index (κ2) is 8.09. The zero-order valence-corrected chi connectivity index (χ0v) is 17.9. The summed E-state index contributed by atoms with van der Waals surface area (Å²) in [5.74, 6) is 1.49. The van der Waals surface area contributed by atoms with Crippen LogP contribution >= 0.6 is 0 Å². The molecule has 0 saturated carbocycles. The number of piperidine rings is 1. The van der Waals surface area contributed by atoms with Crippen LogP contribution in [0.15, 0.2) is 24.3 Å². The van der Waals surface area contributed by atoms with Gasteiger partial charge in [0, 0.05) is 32.0 Å². The number of nitrogens with zero attached hydrogens (tertiary/aromatic N) is 3. The minimum atomic E-state index is -0.754. The number of aliphatic hydroxyl groups is 1. The van der Waals surface area contributed by atoms with Gasteiger partial charge < -0.3 is 24.8 Å². The van der Waals surface area contributed by atoms with Crippen LogP contribution in [0.25, 0.3) is 10.9 Å². The van der Waals surface area contributed by atoms with Gasteiger partial charge in [-0.05, 0) is 38.8 Å². The minimum Gasteiger partial charge on any atom is -0.388 e. The average Bonchev–Trinajstić information content (AvgIpc) is 2.71. The number of aryl methyl sites for hydroxylation is 1. The van der Waals surface area contributed by atoms with E-state index in [0.29, 0.717) is 6.42 Å². The largest absolute Gasteiger partial charge is 0.388 e. The molecule has 0 radical (unpaired) electrons. The van der Waals surface area contributed by atoms with E-state index >= 15 is 0 Å². The Balaban J connectivity index is 1.51. The highest BCUT2D eigenvalue weighted by Crippen LogP contribution is 2.41. The number of anilines is 1. The molecule has 2 aromatic rings. The SMILES string of the molecule is COCC(=O)N[C@@]1(C)CC2(CCN(c3nc(C)nc4ccccc34)CC2)OC[C@@H]1O. The number of ether oxygens (including phenoxy) is 2. The van der Waals surface area contributed by atoms with Crippen LogP contribution in [0.3, 0.4) is 0 Å². The van der Waals surface area contributed by atoms with Crippen LogP contribution in [0.5, 0.6) is 0 Å². The van der Waals surface area contributed by atoms with E-state index in [9.17, 15) is 9.90 Å². The fourth-order valence-electron chi connectivity index (χ4n) is 4.75. The summed E-state index contributed by atoms with van der Waals surface area (Å²) in [6.07, 6.45) is 1.41. The van der Waals surface area contributed by atoms with Gasteiger partial charge in [0.25, 0.3) is 0 Å². The van der Waals surface area contributed by atoms with Crippen molar-refractivity contribution in [1.82, 2.24) is 15.3 Å². The molecule has 30 heavy (non-hydrogen) atoms. The number of nitrogens with one attached hydrogen (secondary N) is 1. The van der Waals surface area contributed by atoms with Crippen LogP contribution in [0.2, 0.25) is 0 Å². The highest BCUT2D eigenvalue weighted by Gasteiger charge is 2.50. The molecule has 3 heterocycles. The molecule has 0 aliphatic carbocycles. The first-order valence-corrected chi connectivity index (χ1v) is 10.4. The van der Waals surface area contributed by atoms with E-state index in [4.69, 9.17) is 14.5 Å². The van der Waals surface area contributed by atoms with E-state index in [1.807, 2.05) is 32.0 Å². The molecule has 2 aliphatic rings. The summed E-state index contributed by atoms with van der Waals surface area (Å²) < 4.78 is 11.1. The molecule has 2 N–H and O–H groups in total. The van der Waals surface area contributed by atoms with E-state index in [0.717, 1.165) is 48.5 Å². The van der Waals surface area contributed by atoms with Crippen LogP contribution < -0.4 is 10.2 Å². The Hall–Kier alpha value is -2.29. The molecule has 1 aromatic carbocycles. The second-order valence-electron chi connectivity index (χ2n) is 8.68. The molecular weight excluding hydrogens is 384 g/mol. The zero-order valence-electron chi connectivity index (χ0n) is 17.9. The normalized spacial score (nSPS) is 26.1. The lowest BCUT2D eigenvalue weighted by Gasteiger charge is -2.52. The van der Waals surface area contributed by atoms with Crippen molar-refractivity contribution in [3.05, 3.63) is 30.1 Å². The van der Waals surface area contributed by atoms with Crippen molar-refractivity contribution in [1.29, 1.82) is 0 Å². The standard InChI is InChI=1S/C22H30N4O4/c1-15-23-17-7-5-4-6-16(17)20(24-15)26-10-8-22(9-11-26)14-21(2,18(27)12-30-22)25-19(28)13-29-3/h4-7,18,27H,8-14H2,1-3H3,(H,25,28)/t18-,21-/m0/s1. The van der Waals surface area contributed by atoms with E-state index in [1.54, 1.807) is 0 Å². The molecule has 8 heteroatoms. The van der Waals surface area contributed by atoms with Gasteiger partial charge in [-0.15, -0.1) is 0 Å².